The minimum atomic E-state index is -0.551. The number of anilines is 1. The summed E-state index contributed by atoms with van der Waals surface area (Å²) in [6, 6.07) is 9.73. The molecule has 0 spiro atoms. The minimum absolute atomic E-state index is 0.184. The molecule has 0 saturated heterocycles. The Kier molecular flexibility index (Phi) is 4.37. The van der Waals surface area contributed by atoms with Gasteiger partial charge in [-0.15, -0.1) is 0 Å². The van der Waals surface area contributed by atoms with Crippen LogP contribution in [0.25, 0.3) is 0 Å². The van der Waals surface area contributed by atoms with Gasteiger partial charge in [0.05, 0.1) is 17.8 Å². The lowest BCUT2D eigenvalue weighted by Crippen LogP contribution is -2.05. The molecular formula is C14H11Cl2NO3. The van der Waals surface area contributed by atoms with Gasteiger partial charge in [-0.2, -0.15) is 0 Å². The number of esters is 1. The van der Waals surface area contributed by atoms with Gasteiger partial charge in [0, 0.05) is 0 Å². The first-order chi connectivity index (χ1) is 9.54. The zero-order chi connectivity index (χ0) is 14.7. The summed E-state index contributed by atoms with van der Waals surface area (Å²) in [5.41, 5.74) is 6.35. The largest absolute Gasteiger partial charge is 0.465 e. The molecule has 20 heavy (non-hydrogen) atoms. The lowest BCUT2D eigenvalue weighted by molar-refractivity contribution is 0.0598. The van der Waals surface area contributed by atoms with Crippen LogP contribution in [0.3, 0.4) is 0 Å². The fourth-order valence-corrected chi connectivity index (χ4v) is 1.94. The highest BCUT2D eigenvalue weighted by molar-refractivity contribution is 6.42. The first kappa shape index (κ1) is 14.5. The second-order valence-corrected chi connectivity index (χ2v) is 4.65. The molecule has 0 aliphatic rings. The van der Waals surface area contributed by atoms with E-state index in [4.69, 9.17) is 38.4 Å². The van der Waals surface area contributed by atoms with Crippen LogP contribution >= 0.6 is 23.2 Å². The maximum absolute atomic E-state index is 11.7. The van der Waals surface area contributed by atoms with Gasteiger partial charge in [-0.1, -0.05) is 35.3 Å². The Morgan fingerprint density at radius 3 is 2.55 bits per heavy atom. The van der Waals surface area contributed by atoms with E-state index in [-0.39, 0.29) is 16.3 Å². The molecule has 0 aromatic heterocycles. The summed E-state index contributed by atoms with van der Waals surface area (Å²) in [6.07, 6.45) is 0. The van der Waals surface area contributed by atoms with Crippen molar-refractivity contribution in [2.75, 3.05) is 12.8 Å². The summed E-state index contributed by atoms with van der Waals surface area (Å²) < 4.78 is 10.3. The highest BCUT2D eigenvalue weighted by Gasteiger charge is 2.17. The molecule has 0 heterocycles. The predicted octanol–water partition coefficient (Wildman–Crippen LogP) is 4.15. The first-order valence-electron chi connectivity index (χ1n) is 5.63. The van der Waals surface area contributed by atoms with Crippen LogP contribution in [0, 0.1) is 0 Å². The molecule has 0 atom stereocenters. The molecule has 0 amide bonds. The van der Waals surface area contributed by atoms with Gasteiger partial charge in [-0.25, -0.2) is 4.79 Å². The SMILES string of the molecule is COC(=O)c1cccc(N)c1Oc1cccc(Cl)c1Cl. The van der Waals surface area contributed by atoms with E-state index < -0.39 is 5.97 Å². The third-order valence-corrected chi connectivity index (χ3v) is 3.38. The van der Waals surface area contributed by atoms with Crippen LogP contribution in [0.5, 0.6) is 11.5 Å². The average Bonchev–Trinajstić information content (AvgIpc) is 2.45. The van der Waals surface area contributed by atoms with Gasteiger partial charge in [0.1, 0.15) is 16.3 Å². The summed E-state index contributed by atoms with van der Waals surface area (Å²) in [5, 5.41) is 0.589. The van der Waals surface area contributed by atoms with Crippen LogP contribution in [0.15, 0.2) is 36.4 Å². The number of nitrogen functional groups attached to an aromatic ring is 1. The Bertz CT molecular complexity index is 659. The number of ether oxygens (including phenoxy) is 2. The van der Waals surface area contributed by atoms with Crippen LogP contribution in [0.4, 0.5) is 5.69 Å². The molecule has 2 N–H and O–H groups in total. The Labute approximate surface area is 126 Å². The number of hydrogen-bond acceptors (Lipinski definition) is 4. The van der Waals surface area contributed by atoms with Gasteiger partial charge in [0.25, 0.3) is 0 Å². The molecule has 0 aliphatic carbocycles. The van der Waals surface area contributed by atoms with Gasteiger partial charge in [-0.05, 0) is 24.3 Å². The molecule has 2 aromatic carbocycles. The molecule has 0 aliphatic heterocycles. The van der Waals surface area contributed by atoms with Crippen LogP contribution in [-0.2, 0) is 4.74 Å². The normalized spacial score (nSPS) is 10.2. The Morgan fingerprint density at radius 2 is 1.85 bits per heavy atom. The van der Waals surface area contributed by atoms with E-state index >= 15 is 0 Å². The van der Waals surface area contributed by atoms with E-state index in [0.29, 0.717) is 16.5 Å². The molecule has 2 rings (SSSR count). The molecule has 0 saturated carbocycles. The Balaban J connectivity index is 2.48. The fraction of sp³-hybridized carbons (Fsp3) is 0.0714. The van der Waals surface area contributed by atoms with Crippen LogP contribution in [0.2, 0.25) is 10.0 Å². The predicted molar refractivity (Wildman–Crippen MR) is 78.7 cm³/mol. The standard InChI is InChI=1S/C14H11Cl2NO3/c1-19-14(18)8-4-2-6-10(17)13(8)20-11-7-3-5-9(15)12(11)16/h2-7H,17H2,1H3. The molecule has 0 unspecified atom stereocenters. The first-order valence-corrected chi connectivity index (χ1v) is 6.39. The van der Waals surface area contributed by atoms with Gasteiger partial charge in [0.15, 0.2) is 5.75 Å². The second kappa shape index (κ2) is 6.03. The van der Waals surface area contributed by atoms with E-state index in [1.54, 1.807) is 36.4 Å². The van der Waals surface area contributed by atoms with Gasteiger partial charge in [0.2, 0.25) is 0 Å². The van der Waals surface area contributed by atoms with Crippen molar-refractivity contribution in [1.29, 1.82) is 0 Å². The van der Waals surface area contributed by atoms with Gasteiger partial charge >= 0.3 is 5.97 Å². The second-order valence-electron chi connectivity index (χ2n) is 3.87. The number of benzene rings is 2. The van der Waals surface area contributed by atoms with Crippen molar-refractivity contribution < 1.29 is 14.3 Å². The van der Waals surface area contributed by atoms with E-state index in [1.807, 2.05) is 0 Å². The molecule has 0 bridgehead atoms. The van der Waals surface area contributed by atoms with Gasteiger partial charge < -0.3 is 15.2 Å². The van der Waals surface area contributed by atoms with E-state index in [2.05, 4.69) is 0 Å². The van der Waals surface area contributed by atoms with Crippen molar-refractivity contribution >= 4 is 34.9 Å². The smallest absolute Gasteiger partial charge is 0.341 e. The molecule has 0 fully saturated rings. The fourth-order valence-electron chi connectivity index (χ4n) is 1.61. The van der Waals surface area contributed by atoms with E-state index in [9.17, 15) is 4.79 Å². The molecule has 104 valence electrons. The van der Waals surface area contributed by atoms with Crippen LogP contribution < -0.4 is 10.5 Å². The van der Waals surface area contributed by atoms with Crippen molar-refractivity contribution in [3.8, 4) is 11.5 Å². The number of rotatable bonds is 3. The monoisotopic (exact) mass is 311 g/mol. The third kappa shape index (κ3) is 2.81. The molecule has 0 radical (unpaired) electrons. The summed E-state index contributed by atoms with van der Waals surface area (Å²) in [4.78, 5) is 11.7. The van der Waals surface area contributed by atoms with Crippen molar-refractivity contribution in [1.82, 2.24) is 0 Å². The summed E-state index contributed by atoms with van der Waals surface area (Å²) >= 11 is 12.0. The van der Waals surface area contributed by atoms with E-state index in [0.717, 1.165) is 0 Å². The zero-order valence-corrected chi connectivity index (χ0v) is 12.0. The Hall–Kier alpha value is -1.91. The van der Waals surface area contributed by atoms with Gasteiger partial charge in [-0.3, -0.25) is 0 Å². The molecule has 6 heteroatoms. The number of methoxy groups -OCH3 is 1. The highest BCUT2D eigenvalue weighted by Crippen LogP contribution is 2.38. The van der Waals surface area contributed by atoms with Crippen molar-refractivity contribution in [2.45, 2.75) is 0 Å². The lowest BCUT2D eigenvalue weighted by atomic mass is 10.1. The molecular weight excluding hydrogens is 301 g/mol. The molecule has 2 aromatic rings. The maximum Gasteiger partial charge on any atom is 0.341 e. The topological polar surface area (TPSA) is 61.5 Å². The summed E-state index contributed by atoms with van der Waals surface area (Å²) in [6.45, 7) is 0. The third-order valence-electron chi connectivity index (χ3n) is 2.58. The van der Waals surface area contributed by atoms with Crippen molar-refractivity contribution in [3.05, 3.63) is 52.0 Å². The average molecular weight is 312 g/mol. The number of hydrogen-bond donors (Lipinski definition) is 1. The lowest BCUT2D eigenvalue weighted by Gasteiger charge is -2.13. The van der Waals surface area contributed by atoms with Crippen LogP contribution in [0.1, 0.15) is 10.4 Å². The summed E-state index contributed by atoms with van der Waals surface area (Å²) in [7, 11) is 1.28. The van der Waals surface area contributed by atoms with Crippen molar-refractivity contribution in [2.24, 2.45) is 0 Å². The minimum Gasteiger partial charge on any atom is -0.465 e. The number of halogens is 2. The highest BCUT2D eigenvalue weighted by atomic mass is 35.5. The number of carbonyl (C=O) groups is 1. The molecule has 4 nitrogen and oxygen atoms in total. The number of nitrogens with two attached hydrogens (primary N) is 1. The maximum atomic E-state index is 11.7. The number of para-hydroxylation sites is 1. The van der Waals surface area contributed by atoms with Crippen LogP contribution in [-0.4, -0.2) is 13.1 Å². The van der Waals surface area contributed by atoms with Crippen molar-refractivity contribution in [3.63, 3.8) is 0 Å². The van der Waals surface area contributed by atoms with E-state index in [1.165, 1.54) is 7.11 Å². The summed E-state index contributed by atoms with van der Waals surface area (Å²) in [5.74, 6) is -0.0591. The quantitative estimate of drug-likeness (QED) is 0.683. The Morgan fingerprint density at radius 1 is 1.15 bits per heavy atom. The number of carbonyl (C=O) groups excluding carboxylic acids is 1. The zero-order valence-electron chi connectivity index (χ0n) is 10.5.